The molecule has 1 aromatic carbocycles. The lowest BCUT2D eigenvalue weighted by molar-refractivity contribution is -0.384. The Kier molecular flexibility index (Phi) is 4.84. The van der Waals surface area contributed by atoms with Crippen LogP contribution in [0, 0.1) is 10.1 Å². The first-order valence-corrected chi connectivity index (χ1v) is 6.43. The van der Waals surface area contributed by atoms with Crippen LogP contribution in [0.15, 0.2) is 18.2 Å². The summed E-state index contributed by atoms with van der Waals surface area (Å²) in [5.41, 5.74) is 0.00512. The third-order valence-corrected chi connectivity index (χ3v) is 3.21. The molecule has 0 aliphatic carbocycles. The van der Waals surface area contributed by atoms with Gasteiger partial charge in [-0.2, -0.15) is 0 Å². The van der Waals surface area contributed by atoms with Gasteiger partial charge in [-0.15, -0.1) is 10.2 Å². The largest absolute Gasteiger partial charge is 0.388 e. The first-order chi connectivity index (χ1) is 10.1. The zero-order valence-electron chi connectivity index (χ0n) is 11.2. The zero-order chi connectivity index (χ0) is 15.4. The van der Waals surface area contributed by atoms with Crippen molar-refractivity contribution in [1.29, 1.82) is 0 Å². The minimum Gasteiger partial charge on any atom is -0.388 e. The van der Waals surface area contributed by atoms with E-state index in [4.69, 9.17) is 16.3 Å². The molecule has 0 aliphatic heterocycles. The lowest BCUT2D eigenvalue weighted by Crippen LogP contribution is -2.10. The highest BCUT2D eigenvalue weighted by Crippen LogP contribution is 2.35. The van der Waals surface area contributed by atoms with Crippen molar-refractivity contribution >= 4 is 17.3 Å². The third kappa shape index (κ3) is 3.02. The highest BCUT2D eigenvalue weighted by molar-refractivity contribution is 6.33. The minimum absolute atomic E-state index is 0.168. The number of halogens is 1. The van der Waals surface area contributed by atoms with Crippen LogP contribution >= 0.6 is 11.6 Å². The number of benzene rings is 1. The number of rotatable bonds is 6. The zero-order valence-corrected chi connectivity index (χ0v) is 11.9. The predicted molar refractivity (Wildman–Crippen MR) is 74.9 cm³/mol. The van der Waals surface area contributed by atoms with Gasteiger partial charge in [0.15, 0.2) is 11.6 Å². The van der Waals surface area contributed by atoms with E-state index < -0.39 is 4.92 Å². The van der Waals surface area contributed by atoms with Crippen molar-refractivity contribution in [3.05, 3.63) is 39.2 Å². The second-order valence-electron chi connectivity index (χ2n) is 4.13. The molecule has 0 spiro atoms. The van der Waals surface area contributed by atoms with Gasteiger partial charge in [0.05, 0.1) is 16.6 Å². The molecule has 1 N–H and O–H groups in total. The summed E-state index contributed by atoms with van der Waals surface area (Å²) in [6.45, 7) is 0.350. The lowest BCUT2D eigenvalue weighted by atomic mass is 10.1. The number of aromatic nitrogens is 3. The highest BCUT2D eigenvalue weighted by Gasteiger charge is 2.24. The van der Waals surface area contributed by atoms with Crippen LogP contribution in [0.3, 0.4) is 0 Å². The molecule has 0 bridgehead atoms. The van der Waals surface area contributed by atoms with Crippen molar-refractivity contribution < 1.29 is 14.8 Å². The molecule has 0 saturated heterocycles. The van der Waals surface area contributed by atoms with Gasteiger partial charge in [-0.1, -0.05) is 17.7 Å². The molecule has 0 atom stereocenters. The number of nitro groups is 1. The standard InChI is InChI=1S/C12H13ClN4O4/c1-21-6-5-16-10(7-18)14-15-12(16)11-8(13)3-2-4-9(11)17(19)20/h2-4,18H,5-7H2,1H3. The molecule has 0 fully saturated rings. The van der Waals surface area contributed by atoms with E-state index >= 15 is 0 Å². The summed E-state index contributed by atoms with van der Waals surface area (Å²) in [6, 6.07) is 4.37. The average Bonchev–Trinajstić information content (AvgIpc) is 2.87. The summed E-state index contributed by atoms with van der Waals surface area (Å²) < 4.78 is 6.54. The van der Waals surface area contributed by atoms with Crippen LogP contribution in [-0.4, -0.2) is 38.5 Å². The van der Waals surface area contributed by atoms with E-state index in [2.05, 4.69) is 10.2 Å². The topological polar surface area (TPSA) is 103 Å². The summed E-state index contributed by atoms with van der Waals surface area (Å²) in [4.78, 5) is 10.6. The van der Waals surface area contributed by atoms with E-state index in [-0.39, 0.29) is 34.5 Å². The quantitative estimate of drug-likeness (QED) is 0.642. The van der Waals surface area contributed by atoms with E-state index in [1.807, 2.05) is 0 Å². The van der Waals surface area contributed by atoms with Gasteiger partial charge < -0.3 is 14.4 Å². The Bertz CT molecular complexity index is 659. The minimum atomic E-state index is -0.533. The SMILES string of the molecule is COCCn1c(CO)nnc1-c1c(Cl)cccc1[N+](=O)[O-]. The van der Waals surface area contributed by atoms with Crippen LogP contribution in [0.2, 0.25) is 5.02 Å². The van der Waals surface area contributed by atoms with Gasteiger partial charge in [-0.3, -0.25) is 10.1 Å². The molecule has 2 aromatic rings. The molecular weight excluding hydrogens is 300 g/mol. The van der Waals surface area contributed by atoms with E-state index in [0.29, 0.717) is 13.2 Å². The second-order valence-corrected chi connectivity index (χ2v) is 4.54. The van der Waals surface area contributed by atoms with Crippen LogP contribution in [0.4, 0.5) is 5.69 Å². The molecule has 0 unspecified atom stereocenters. The molecule has 112 valence electrons. The van der Waals surface area contributed by atoms with Gasteiger partial charge >= 0.3 is 0 Å². The fourth-order valence-corrected chi connectivity index (χ4v) is 2.20. The number of ether oxygens (including phenoxy) is 1. The van der Waals surface area contributed by atoms with Gasteiger partial charge in [-0.25, -0.2) is 0 Å². The number of nitro benzene ring substituents is 1. The van der Waals surface area contributed by atoms with Crippen molar-refractivity contribution in [2.75, 3.05) is 13.7 Å². The highest BCUT2D eigenvalue weighted by atomic mass is 35.5. The van der Waals surface area contributed by atoms with Crippen LogP contribution in [0.5, 0.6) is 0 Å². The Hall–Kier alpha value is -2.03. The number of aliphatic hydroxyl groups is 1. The Balaban J connectivity index is 2.61. The van der Waals surface area contributed by atoms with Crippen LogP contribution in [0.1, 0.15) is 5.82 Å². The molecule has 8 nitrogen and oxygen atoms in total. The van der Waals surface area contributed by atoms with Crippen LogP contribution in [0.25, 0.3) is 11.4 Å². The third-order valence-electron chi connectivity index (χ3n) is 2.90. The summed E-state index contributed by atoms with van der Waals surface area (Å²) >= 11 is 6.09. The van der Waals surface area contributed by atoms with Crippen molar-refractivity contribution in [3.8, 4) is 11.4 Å². The van der Waals surface area contributed by atoms with Gasteiger partial charge in [0.1, 0.15) is 12.2 Å². The molecule has 21 heavy (non-hydrogen) atoms. The monoisotopic (exact) mass is 312 g/mol. The predicted octanol–water partition coefficient (Wildman–Crippen LogP) is 1.65. The Morgan fingerprint density at radius 1 is 1.48 bits per heavy atom. The molecule has 0 aliphatic rings. The molecule has 0 radical (unpaired) electrons. The van der Waals surface area contributed by atoms with Crippen LogP contribution < -0.4 is 0 Å². The fourth-order valence-electron chi connectivity index (χ4n) is 1.94. The summed E-state index contributed by atoms with van der Waals surface area (Å²) in [7, 11) is 1.53. The van der Waals surface area contributed by atoms with Crippen molar-refractivity contribution in [3.63, 3.8) is 0 Å². The number of methoxy groups -OCH3 is 1. The number of nitrogens with zero attached hydrogens (tertiary/aromatic N) is 4. The van der Waals surface area contributed by atoms with Gasteiger partial charge in [-0.05, 0) is 6.07 Å². The van der Waals surface area contributed by atoms with Crippen LogP contribution in [-0.2, 0) is 17.9 Å². The van der Waals surface area contributed by atoms with Crippen molar-refractivity contribution in [1.82, 2.24) is 14.8 Å². The molecule has 0 saturated carbocycles. The first kappa shape index (κ1) is 15.4. The maximum absolute atomic E-state index is 11.2. The first-order valence-electron chi connectivity index (χ1n) is 6.05. The summed E-state index contributed by atoms with van der Waals surface area (Å²) in [6.07, 6.45) is 0. The molecule has 1 aromatic heterocycles. The number of hydrogen-bond donors (Lipinski definition) is 1. The molecule has 9 heteroatoms. The Morgan fingerprint density at radius 3 is 2.86 bits per heavy atom. The average molecular weight is 313 g/mol. The van der Waals surface area contributed by atoms with Crippen molar-refractivity contribution in [2.45, 2.75) is 13.2 Å². The van der Waals surface area contributed by atoms with E-state index in [9.17, 15) is 15.2 Å². The van der Waals surface area contributed by atoms with Crippen molar-refractivity contribution in [2.24, 2.45) is 0 Å². The smallest absolute Gasteiger partial charge is 0.281 e. The summed E-state index contributed by atoms with van der Waals surface area (Å²) in [5, 5.41) is 28.4. The van der Waals surface area contributed by atoms with Gasteiger partial charge in [0.2, 0.25) is 0 Å². The Morgan fingerprint density at radius 2 is 2.24 bits per heavy atom. The number of aliphatic hydroxyl groups excluding tert-OH is 1. The van der Waals surface area contributed by atoms with Gasteiger partial charge in [0.25, 0.3) is 5.69 Å². The molecule has 1 heterocycles. The second kappa shape index (κ2) is 6.61. The Labute approximate surface area is 125 Å². The molecule has 0 amide bonds. The normalized spacial score (nSPS) is 10.8. The molecule has 2 rings (SSSR count). The fraction of sp³-hybridized carbons (Fsp3) is 0.333. The number of hydrogen-bond acceptors (Lipinski definition) is 6. The summed E-state index contributed by atoms with van der Waals surface area (Å²) in [5.74, 6) is 0.518. The molecular formula is C12H13ClN4O4. The lowest BCUT2D eigenvalue weighted by Gasteiger charge is -2.10. The van der Waals surface area contributed by atoms with E-state index in [0.717, 1.165) is 0 Å². The van der Waals surface area contributed by atoms with E-state index in [1.165, 1.54) is 25.3 Å². The maximum Gasteiger partial charge on any atom is 0.281 e. The maximum atomic E-state index is 11.2. The van der Waals surface area contributed by atoms with E-state index in [1.54, 1.807) is 4.57 Å². The van der Waals surface area contributed by atoms with Gasteiger partial charge in [0, 0.05) is 19.7 Å².